The van der Waals surface area contributed by atoms with Crippen LogP contribution < -0.4 is 10.2 Å². The Kier molecular flexibility index (Phi) is 6.90. The summed E-state index contributed by atoms with van der Waals surface area (Å²) in [5, 5.41) is 4.28. The van der Waals surface area contributed by atoms with Crippen molar-refractivity contribution in [1.82, 2.24) is 5.32 Å². The zero-order valence-corrected chi connectivity index (χ0v) is 13.2. The van der Waals surface area contributed by atoms with E-state index in [1.807, 2.05) is 23.9 Å². The lowest BCUT2D eigenvalue weighted by Crippen LogP contribution is -2.26. The third kappa shape index (κ3) is 4.71. The molecule has 2 nitrogen and oxygen atoms in total. The SMILES string of the molecule is CSCCN(C)c1c(Cl)cccc1CNC(C)C. The molecule has 0 aliphatic carbocycles. The van der Waals surface area contributed by atoms with Gasteiger partial charge in [-0.3, -0.25) is 0 Å². The van der Waals surface area contributed by atoms with Gasteiger partial charge in [0.05, 0.1) is 10.7 Å². The lowest BCUT2D eigenvalue weighted by molar-refractivity contribution is 0.588. The Hall–Kier alpha value is -0.380. The van der Waals surface area contributed by atoms with Gasteiger partial charge in [0.15, 0.2) is 0 Å². The molecular weight excluding hydrogens is 264 g/mol. The van der Waals surface area contributed by atoms with Crippen LogP contribution >= 0.6 is 23.4 Å². The molecule has 0 radical (unpaired) electrons. The molecule has 0 atom stereocenters. The molecule has 0 spiro atoms. The number of halogens is 1. The zero-order valence-electron chi connectivity index (χ0n) is 11.7. The first kappa shape index (κ1) is 15.7. The number of thioether (sulfide) groups is 1. The quantitative estimate of drug-likeness (QED) is 0.824. The molecule has 0 saturated heterocycles. The van der Waals surface area contributed by atoms with Crippen LogP contribution in [0.1, 0.15) is 19.4 Å². The fraction of sp³-hybridized carbons (Fsp3) is 0.571. The second-order valence-electron chi connectivity index (χ2n) is 4.70. The average molecular weight is 287 g/mol. The van der Waals surface area contributed by atoms with E-state index in [-0.39, 0.29) is 0 Å². The fourth-order valence-corrected chi connectivity index (χ4v) is 2.58. The Labute approximate surface area is 120 Å². The zero-order chi connectivity index (χ0) is 13.5. The van der Waals surface area contributed by atoms with Gasteiger partial charge in [0.2, 0.25) is 0 Å². The molecule has 0 saturated carbocycles. The number of para-hydroxylation sites is 1. The highest BCUT2D eigenvalue weighted by molar-refractivity contribution is 7.98. The summed E-state index contributed by atoms with van der Waals surface area (Å²) >= 11 is 8.20. The lowest BCUT2D eigenvalue weighted by atomic mass is 10.1. The minimum absolute atomic E-state index is 0.480. The minimum atomic E-state index is 0.480. The summed E-state index contributed by atoms with van der Waals surface area (Å²) in [6.07, 6.45) is 2.13. The highest BCUT2D eigenvalue weighted by Gasteiger charge is 2.11. The van der Waals surface area contributed by atoms with Crippen molar-refractivity contribution in [3.8, 4) is 0 Å². The molecule has 102 valence electrons. The monoisotopic (exact) mass is 286 g/mol. The van der Waals surface area contributed by atoms with Gasteiger partial charge >= 0.3 is 0 Å². The molecule has 0 amide bonds. The topological polar surface area (TPSA) is 15.3 Å². The summed E-state index contributed by atoms with van der Waals surface area (Å²) in [4.78, 5) is 2.25. The summed E-state index contributed by atoms with van der Waals surface area (Å²) in [6.45, 7) is 6.18. The predicted molar refractivity (Wildman–Crippen MR) is 85.1 cm³/mol. The van der Waals surface area contributed by atoms with Crippen LogP contribution in [0.2, 0.25) is 5.02 Å². The molecular formula is C14H23ClN2S. The number of hydrogen-bond acceptors (Lipinski definition) is 3. The van der Waals surface area contributed by atoms with Crippen molar-refractivity contribution in [2.75, 3.05) is 30.5 Å². The van der Waals surface area contributed by atoms with Crippen LogP contribution in [0, 0.1) is 0 Å². The van der Waals surface area contributed by atoms with Crippen LogP contribution in [0.3, 0.4) is 0 Å². The van der Waals surface area contributed by atoms with Gasteiger partial charge in [-0.25, -0.2) is 0 Å². The minimum Gasteiger partial charge on any atom is -0.372 e. The van der Waals surface area contributed by atoms with E-state index >= 15 is 0 Å². The molecule has 0 heterocycles. The molecule has 4 heteroatoms. The van der Waals surface area contributed by atoms with Gasteiger partial charge in [-0.2, -0.15) is 11.8 Å². The summed E-state index contributed by atoms with van der Waals surface area (Å²) < 4.78 is 0. The van der Waals surface area contributed by atoms with Crippen molar-refractivity contribution in [2.24, 2.45) is 0 Å². The van der Waals surface area contributed by atoms with Crippen LogP contribution in [0.5, 0.6) is 0 Å². The number of benzene rings is 1. The van der Waals surface area contributed by atoms with Crippen molar-refractivity contribution < 1.29 is 0 Å². The van der Waals surface area contributed by atoms with E-state index < -0.39 is 0 Å². The average Bonchev–Trinajstić information content (AvgIpc) is 2.33. The van der Waals surface area contributed by atoms with Gasteiger partial charge in [0.1, 0.15) is 0 Å². The van der Waals surface area contributed by atoms with Crippen LogP contribution in [-0.2, 0) is 6.54 Å². The molecule has 0 fully saturated rings. The highest BCUT2D eigenvalue weighted by Crippen LogP contribution is 2.29. The van der Waals surface area contributed by atoms with Gasteiger partial charge in [0.25, 0.3) is 0 Å². The molecule has 0 aliphatic rings. The molecule has 0 unspecified atom stereocenters. The predicted octanol–water partition coefficient (Wildman–Crippen LogP) is 3.64. The van der Waals surface area contributed by atoms with Crippen LogP contribution in [0.4, 0.5) is 5.69 Å². The van der Waals surface area contributed by atoms with E-state index in [1.165, 1.54) is 5.56 Å². The normalized spacial score (nSPS) is 11.0. The number of anilines is 1. The molecule has 0 aliphatic heterocycles. The van der Waals surface area contributed by atoms with Crippen molar-refractivity contribution in [3.63, 3.8) is 0 Å². The van der Waals surface area contributed by atoms with Crippen LogP contribution in [0.25, 0.3) is 0 Å². The Morgan fingerprint density at radius 1 is 1.39 bits per heavy atom. The smallest absolute Gasteiger partial charge is 0.0642 e. The van der Waals surface area contributed by atoms with E-state index in [9.17, 15) is 0 Å². The number of hydrogen-bond donors (Lipinski definition) is 1. The molecule has 1 rings (SSSR count). The van der Waals surface area contributed by atoms with E-state index in [4.69, 9.17) is 11.6 Å². The summed E-state index contributed by atoms with van der Waals surface area (Å²) in [5.41, 5.74) is 2.42. The van der Waals surface area contributed by atoms with E-state index in [1.54, 1.807) is 0 Å². The standard InChI is InChI=1S/C14H23ClN2S/c1-11(2)16-10-12-6-5-7-13(15)14(12)17(3)8-9-18-4/h5-7,11,16H,8-10H2,1-4H3. The fourth-order valence-electron chi connectivity index (χ4n) is 1.78. The van der Waals surface area contributed by atoms with E-state index in [0.29, 0.717) is 6.04 Å². The van der Waals surface area contributed by atoms with E-state index in [0.717, 1.165) is 29.6 Å². The van der Waals surface area contributed by atoms with Gasteiger partial charge in [-0.05, 0) is 17.9 Å². The van der Waals surface area contributed by atoms with Crippen molar-refractivity contribution >= 4 is 29.1 Å². The maximum absolute atomic E-state index is 6.34. The van der Waals surface area contributed by atoms with E-state index in [2.05, 4.69) is 43.4 Å². The number of nitrogens with one attached hydrogen (secondary N) is 1. The molecule has 1 aromatic rings. The Bertz CT molecular complexity index is 369. The molecule has 18 heavy (non-hydrogen) atoms. The first-order valence-electron chi connectivity index (χ1n) is 6.27. The Morgan fingerprint density at radius 2 is 2.11 bits per heavy atom. The summed E-state index contributed by atoms with van der Waals surface area (Å²) in [5.74, 6) is 1.11. The molecule has 1 aromatic carbocycles. The van der Waals surface area contributed by atoms with Gasteiger partial charge in [-0.15, -0.1) is 0 Å². The Balaban J connectivity index is 2.85. The number of rotatable bonds is 7. The summed E-state index contributed by atoms with van der Waals surface area (Å²) in [7, 11) is 2.11. The second-order valence-corrected chi connectivity index (χ2v) is 6.09. The molecule has 1 N–H and O–H groups in total. The van der Waals surface area contributed by atoms with Gasteiger partial charge < -0.3 is 10.2 Å². The lowest BCUT2D eigenvalue weighted by Gasteiger charge is -2.24. The largest absolute Gasteiger partial charge is 0.372 e. The second kappa shape index (κ2) is 7.93. The van der Waals surface area contributed by atoms with Crippen molar-refractivity contribution in [3.05, 3.63) is 28.8 Å². The summed E-state index contributed by atoms with van der Waals surface area (Å²) in [6, 6.07) is 6.61. The van der Waals surface area contributed by atoms with Gasteiger partial charge in [-0.1, -0.05) is 37.6 Å². The number of nitrogens with zero attached hydrogens (tertiary/aromatic N) is 1. The third-order valence-corrected chi connectivity index (χ3v) is 3.68. The maximum atomic E-state index is 6.34. The van der Waals surface area contributed by atoms with Gasteiger partial charge in [0, 0.05) is 31.9 Å². The Morgan fingerprint density at radius 3 is 2.72 bits per heavy atom. The maximum Gasteiger partial charge on any atom is 0.0642 e. The first-order valence-corrected chi connectivity index (χ1v) is 8.04. The van der Waals surface area contributed by atoms with Crippen LogP contribution in [0.15, 0.2) is 18.2 Å². The third-order valence-electron chi connectivity index (χ3n) is 2.78. The molecule has 0 bridgehead atoms. The molecule has 0 aromatic heterocycles. The first-order chi connectivity index (χ1) is 8.56. The van der Waals surface area contributed by atoms with Crippen molar-refractivity contribution in [1.29, 1.82) is 0 Å². The van der Waals surface area contributed by atoms with Crippen LogP contribution in [-0.4, -0.2) is 31.6 Å². The van der Waals surface area contributed by atoms with Crippen molar-refractivity contribution in [2.45, 2.75) is 26.4 Å². The highest BCUT2D eigenvalue weighted by atomic mass is 35.5.